The highest BCUT2D eigenvalue weighted by atomic mass is 35.5. The Morgan fingerprint density at radius 3 is 2.09 bits per heavy atom. The SMILES string of the molecule is COc1ccc(CN(C(=O)CN(c2cc(Cl)c(Cl)cc2Cl)S(C)(=O)=O)C(C)C(=O)NC(C)C)cc1. The van der Waals surface area contributed by atoms with Crippen molar-refractivity contribution in [3.8, 4) is 5.75 Å². The number of hydrogen-bond donors (Lipinski definition) is 1. The molecule has 0 saturated carbocycles. The number of sulfonamides is 1. The molecule has 0 radical (unpaired) electrons. The van der Waals surface area contributed by atoms with E-state index in [0.29, 0.717) is 5.75 Å². The van der Waals surface area contributed by atoms with E-state index in [0.717, 1.165) is 16.1 Å². The maximum Gasteiger partial charge on any atom is 0.244 e. The monoisotopic (exact) mass is 563 g/mol. The zero-order valence-corrected chi connectivity index (χ0v) is 23.1. The van der Waals surface area contributed by atoms with Gasteiger partial charge in [-0.25, -0.2) is 8.42 Å². The van der Waals surface area contributed by atoms with Gasteiger partial charge in [-0.3, -0.25) is 13.9 Å². The molecule has 0 aliphatic carbocycles. The second kappa shape index (κ2) is 12.2. The van der Waals surface area contributed by atoms with Gasteiger partial charge in [0.05, 0.1) is 34.1 Å². The normalized spacial score (nSPS) is 12.3. The molecule has 192 valence electrons. The molecule has 0 spiro atoms. The third kappa shape index (κ3) is 7.90. The number of hydrogen-bond acceptors (Lipinski definition) is 5. The molecular formula is C23H28Cl3N3O5S. The van der Waals surface area contributed by atoms with Crippen molar-refractivity contribution in [3.05, 3.63) is 57.0 Å². The molecule has 12 heteroatoms. The van der Waals surface area contributed by atoms with Crippen molar-refractivity contribution in [2.75, 3.05) is 24.2 Å². The third-order valence-corrected chi connectivity index (χ3v) is 7.20. The van der Waals surface area contributed by atoms with E-state index in [1.807, 2.05) is 0 Å². The van der Waals surface area contributed by atoms with Crippen LogP contribution >= 0.6 is 34.8 Å². The molecule has 0 aromatic heterocycles. The molecule has 0 aliphatic rings. The van der Waals surface area contributed by atoms with E-state index >= 15 is 0 Å². The first kappa shape index (κ1) is 29.0. The minimum atomic E-state index is -3.96. The topological polar surface area (TPSA) is 96.0 Å². The summed E-state index contributed by atoms with van der Waals surface area (Å²) in [7, 11) is -2.42. The molecule has 2 amide bonds. The number of amides is 2. The van der Waals surface area contributed by atoms with Crippen LogP contribution in [0.4, 0.5) is 5.69 Å². The molecule has 0 aliphatic heterocycles. The number of methoxy groups -OCH3 is 1. The fraction of sp³-hybridized carbons (Fsp3) is 0.391. The molecule has 0 bridgehead atoms. The highest BCUT2D eigenvalue weighted by Crippen LogP contribution is 2.35. The first-order chi connectivity index (χ1) is 16.2. The molecule has 1 unspecified atom stereocenters. The van der Waals surface area contributed by atoms with Crippen LogP contribution in [0.3, 0.4) is 0 Å². The number of benzene rings is 2. The predicted octanol–water partition coefficient (Wildman–Crippen LogP) is 4.36. The van der Waals surface area contributed by atoms with Gasteiger partial charge in [0.15, 0.2) is 0 Å². The van der Waals surface area contributed by atoms with Crippen molar-refractivity contribution in [1.82, 2.24) is 10.2 Å². The Hall–Kier alpha value is -2.20. The van der Waals surface area contributed by atoms with E-state index in [9.17, 15) is 18.0 Å². The molecule has 1 atom stereocenters. The van der Waals surface area contributed by atoms with Gasteiger partial charge in [0.25, 0.3) is 0 Å². The van der Waals surface area contributed by atoms with E-state index in [1.54, 1.807) is 45.0 Å². The van der Waals surface area contributed by atoms with Gasteiger partial charge in [-0.2, -0.15) is 0 Å². The number of carbonyl (C=O) groups excluding carboxylic acids is 2. The number of carbonyl (C=O) groups is 2. The van der Waals surface area contributed by atoms with Gasteiger partial charge in [-0.05, 0) is 50.6 Å². The summed E-state index contributed by atoms with van der Waals surface area (Å²) in [5.41, 5.74) is 0.724. The van der Waals surface area contributed by atoms with Crippen LogP contribution in [0.1, 0.15) is 26.3 Å². The Labute approximate surface area is 221 Å². The summed E-state index contributed by atoms with van der Waals surface area (Å²) in [4.78, 5) is 27.6. The standard InChI is InChI=1S/C23H28Cl3N3O5S/c1-14(2)27-23(31)15(3)28(12-16-6-8-17(34-4)9-7-16)22(30)13-29(35(5,32)33)21-11-19(25)18(24)10-20(21)26/h6-11,14-15H,12-13H2,1-5H3,(H,27,31). The number of anilines is 1. The Kier molecular flexibility index (Phi) is 10.1. The first-order valence-corrected chi connectivity index (χ1v) is 13.6. The van der Waals surface area contributed by atoms with Crippen LogP contribution in [-0.4, -0.2) is 57.1 Å². The fourth-order valence-electron chi connectivity index (χ4n) is 3.21. The van der Waals surface area contributed by atoms with E-state index < -0.39 is 28.5 Å². The van der Waals surface area contributed by atoms with Gasteiger partial charge in [0.2, 0.25) is 21.8 Å². The summed E-state index contributed by atoms with van der Waals surface area (Å²) in [5.74, 6) is -0.352. The zero-order chi connectivity index (χ0) is 26.5. The van der Waals surface area contributed by atoms with E-state index in [1.165, 1.54) is 24.1 Å². The second-order valence-electron chi connectivity index (χ2n) is 8.20. The quantitative estimate of drug-likeness (QED) is 0.433. The van der Waals surface area contributed by atoms with Crippen molar-refractivity contribution in [2.24, 2.45) is 0 Å². The lowest BCUT2D eigenvalue weighted by Crippen LogP contribution is -2.52. The van der Waals surface area contributed by atoms with Crippen molar-refractivity contribution < 1.29 is 22.7 Å². The van der Waals surface area contributed by atoms with Crippen LogP contribution in [0, 0.1) is 0 Å². The van der Waals surface area contributed by atoms with Crippen molar-refractivity contribution in [2.45, 2.75) is 39.4 Å². The van der Waals surface area contributed by atoms with E-state index in [4.69, 9.17) is 39.5 Å². The van der Waals surface area contributed by atoms with Crippen LogP contribution in [0.5, 0.6) is 5.75 Å². The smallest absolute Gasteiger partial charge is 0.244 e. The first-order valence-electron chi connectivity index (χ1n) is 10.6. The summed E-state index contributed by atoms with van der Waals surface area (Å²) < 4.78 is 31.3. The minimum absolute atomic E-state index is 0.000555. The molecule has 1 N–H and O–H groups in total. The number of rotatable bonds is 10. The van der Waals surface area contributed by atoms with Gasteiger partial charge in [-0.1, -0.05) is 46.9 Å². The number of nitrogens with one attached hydrogen (secondary N) is 1. The van der Waals surface area contributed by atoms with Crippen LogP contribution in [0.15, 0.2) is 36.4 Å². The minimum Gasteiger partial charge on any atom is -0.497 e. The van der Waals surface area contributed by atoms with Gasteiger partial charge >= 0.3 is 0 Å². The van der Waals surface area contributed by atoms with Crippen molar-refractivity contribution in [1.29, 1.82) is 0 Å². The molecule has 0 fully saturated rings. The highest BCUT2D eigenvalue weighted by molar-refractivity contribution is 7.92. The van der Waals surface area contributed by atoms with Gasteiger partial charge in [-0.15, -0.1) is 0 Å². The average molecular weight is 565 g/mol. The number of ether oxygens (including phenoxy) is 1. The lowest BCUT2D eigenvalue weighted by Gasteiger charge is -2.32. The Morgan fingerprint density at radius 2 is 1.57 bits per heavy atom. The molecule has 8 nitrogen and oxygen atoms in total. The zero-order valence-electron chi connectivity index (χ0n) is 20.0. The van der Waals surface area contributed by atoms with Crippen LogP contribution in [0.2, 0.25) is 15.1 Å². The van der Waals surface area contributed by atoms with E-state index in [2.05, 4.69) is 5.32 Å². The molecule has 2 rings (SSSR count). The van der Waals surface area contributed by atoms with Gasteiger partial charge < -0.3 is 15.0 Å². The van der Waals surface area contributed by atoms with Crippen LogP contribution < -0.4 is 14.4 Å². The molecule has 2 aromatic carbocycles. The summed E-state index contributed by atoms with van der Waals surface area (Å²) in [6, 6.07) is 8.53. The average Bonchev–Trinajstić information content (AvgIpc) is 2.77. The lowest BCUT2D eigenvalue weighted by molar-refractivity contribution is -0.139. The van der Waals surface area contributed by atoms with Gasteiger partial charge in [0.1, 0.15) is 18.3 Å². The Morgan fingerprint density at radius 1 is 1.00 bits per heavy atom. The highest BCUT2D eigenvalue weighted by Gasteiger charge is 2.31. The largest absolute Gasteiger partial charge is 0.497 e. The maximum absolute atomic E-state index is 13.5. The number of halogens is 3. The van der Waals surface area contributed by atoms with Crippen LogP contribution in [0.25, 0.3) is 0 Å². The lowest BCUT2D eigenvalue weighted by atomic mass is 10.1. The third-order valence-electron chi connectivity index (χ3n) is 5.05. The van der Waals surface area contributed by atoms with Crippen molar-refractivity contribution >= 4 is 62.3 Å². The van der Waals surface area contributed by atoms with Crippen molar-refractivity contribution in [3.63, 3.8) is 0 Å². The summed E-state index contributed by atoms with van der Waals surface area (Å²) >= 11 is 18.3. The molecule has 2 aromatic rings. The summed E-state index contributed by atoms with van der Waals surface area (Å²) in [6.07, 6.45) is 0.946. The Balaban J connectivity index is 2.45. The van der Waals surface area contributed by atoms with Crippen LogP contribution in [-0.2, 0) is 26.2 Å². The second-order valence-corrected chi connectivity index (χ2v) is 11.3. The molecule has 0 saturated heterocycles. The molecule has 35 heavy (non-hydrogen) atoms. The fourth-order valence-corrected chi connectivity index (χ4v) is 4.76. The maximum atomic E-state index is 13.5. The number of nitrogens with zero attached hydrogens (tertiary/aromatic N) is 2. The summed E-state index contributed by atoms with van der Waals surface area (Å²) in [5, 5.41) is 3.00. The molecular weight excluding hydrogens is 537 g/mol. The summed E-state index contributed by atoms with van der Waals surface area (Å²) in [6.45, 7) is 4.64. The Bertz CT molecular complexity index is 1170. The molecule has 0 heterocycles. The van der Waals surface area contributed by atoms with Gasteiger partial charge in [0, 0.05) is 12.6 Å². The predicted molar refractivity (Wildman–Crippen MR) is 140 cm³/mol. The van der Waals surface area contributed by atoms with E-state index in [-0.39, 0.29) is 39.2 Å².